The number of anilines is 1. The standard InChI is InChI=1S/C19H18N4O2/c1-2-4-13(5-3-1)15-11-16(23-19(22-15)20-12-21-23)14-6-7-17-18(10-14)25-9-8-24-17/h1-7,10,12,15-16H,8-9,11H2,(H,20,21,22)/t15-,16-/m0/s1. The highest BCUT2D eigenvalue weighted by atomic mass is 16.6. The lowest BCUT2D eigenvalue weighted by molar-refractivity contribution is 0.171. The summed E-state index contributed by atoms with van der Waals surface area (Å²) in [5, 5.41) is 7.91. The maximum atomic E-state index is 5.75. The zero-order valence-electron chi connectivity index (χ0n) is 13.6. The monoisotopic (exact) mass is 334 g/mol. The Bertz CT molecular complexity index is 893. The Morgan fingerprint density at radius 3 is 2.68 bits per heavy atom. The topological polar surface area (TPSA) is 61.2 Å². The molecule has 0 fully saturated rings. The molecule has 126 valence electrons. The molecular weight excluding hydrogens is 316 g/mol. The van der Waals surface area contributed by atoms with Crippen molar-refractivity contribution in [3.63, 3.8) is 0 Å². The van der Waals surface area contributed by atoms with E-state index in [1.807, 2.05) is 16.8 Å². The Morgan fingerprint density at radius 2 is 1.80 bits per heavy atom. The van der Waals surface area contributed by atoms with E-state index in [4.69, 9.17) is 9.47 Å². The summed E-state index contributed by atoms with van der Waals surface area (Å²) in [6.07, 6.45) is 2.49. The predicted octanol–water partition coefficient (Wildman–Crippen LogP) is 3.20. The third-order valence-corrected chi connectivity index (χ3v) is 4.78. The second kappa shape index (κ2) is 5.81. The van der Waals surface area contributed by atoms with Gasteiger partial charge in [-0.2, -0.15) is 10.1 Å². The number of benzene rings is 2. The van der Waals surface area contributed by atoms with Crippen molar-refractivity contribution in [3.8, 4) is 11.5 Å². The molecule has 0 spiro atoms. The van der Waals surface area contributed by atoms with Gasteiger partial charge in [-0.3, -0.25) is 0 Å². The number of ether oxygens (including phenoxy) is 2. The third kappa shape index (κ3) is 2.50. The summed E-state index contributed by atoms with van der Waals surface area (Å²) < 4.78 is 13.3. The number of aromatic nitrogens is 3. The average Bonchev–Trinajstić information content (AvgIpc) is 3.16. The number of nitrogens with zero attached hydrogens (tertiary/aromatic N) is 3. The van der Waals surface area contributed by atoms with E-state index in [0.29, 0.717) is 13.2 Å². The van der Waals surface area contributed by atoms with Crippen molar-refractivity contribution in [1.29, 1.82) is 0 Å². The van der Waals surface area contributed by atoms with Crippen LogP contribution in [0.2, 0.25) is 0 Å². The molecule has 6 heteroatoms. The van der Waals surface area contributed by atoms with E-state index in [2.05, 4.69) is 51.8 Å². The van der Waals surface area contributed by atoms with E-state index >= 15 is 0 Å². The second-order valence-corrected chi connectivity index (χ2v) is 6.29. The summed E-state index contributed by atoms with van der Waals surface area (Å²) in [7, 11) is 0. The normalized spacial score (nSPS) is 21.3. The number of rotatable bonds is 2. The smallest absolute Gasteiger partial charge is 0.222 e. The van der Waals surface area contributed by atoms with Crippen LogP contribution >= 0.6 is 0 Å². The maximum absolute atomic E-state index is 5.75. The van der Waals surface area contributed by atoms with E-state index in [9.17, 15) is 0 Å². The van der Waals surface area contributed by atoms with E-state index in [1.165, 1.54) is 5.56 Å². The van der Waals surface area contributed by atoms with Crippen molar-refractivity contribution in [1.82, 2.24) is 14.8 Å². The summed E-state index contributed by atoms with van der Waals surface area (Å²) in [5.41, 5.74) is 2.40. The van der Waals surface area contributed by atoms with Crippen LogP contribution in [0, 0.1) is 0 Å². The molecule has 0 bridgehead atoms. The summed E-state index contributed by atoms with van der Waals surface area (Å²) in [6, 6.07) is 16.9. The van der Waals surface area contributed by atoms with Gasteiger partial charge in [0.25, 0.3) is 0 Å². The number of fused-ring (bicyclic) bond motifs is 2. The molecule has 3 heterocycles. The van der Waals surface area contributed by atoms with Gasteiger partial charge >= 0.3 is 0 Å². The van der Waals surface area contributed by atoms with Gasteiger partial charge in [-0.25, -0.2) is 4.68 Å². The molecule has 0 unspecified atom stereocenters. The molecule has 3 aromatic rings. The molecule has 2 aromatic carbocycles. The molecule has 0 radical (unpaired) electrons. The van der Waals surface area contributed by atoms with Crippen LogP contribution in [0.5, 0.6) is 11.5 Å². The van der Waals surface area contributed by atoms with Crippen LogP contribution in [0.4, 0.5) is 5.95 Å². The molecule has 2 atom stereocenters. The summed E-state index contributed by atoms with van der Waals surface area (Å²) in [4.78, 5) is 4.38. The largest absolute Gasteiger partial charge is 0.486 e. The zero-order chi connectivity index (χ0) is 16.6. The highest BCUT2D eigenvalue weighted by Gasteiger charge is 2.30. The van der Waals surface area contributed by atoms with Gasteiger partial charge in [0.2, 0.25) is 5.95 Å². The highest BCUT2D eigenvalue weighted by molar-refractivity contribution is 5.46. The van der Waals surface area contributed by atoms with Crippen molar-refractivity contribution in [3.05, 3.63) is 66.0 Å². The highest BCUT2D eigenvalue weighted by Crippen LogP contribution is 2.40. The van der Waals surface area contributed by atoms with Crippen LogP contribution in [0.15, 0.2) is 54.9 Å². The Labute approximate surface area is 145 Å². The first-order valence-electron chi connectivity index (χ1n) is 8.49. The summed E-state index contributed by atoms with van der Waals surface area (Å²) in [5.74, 6) is 2.41. The SMILES string of the molecule is c1ccc([C@@H]2C[C@@H](c3ccc4c(c3)OCCO4)n3ncnc3N2)cc1. The lowest BCUT2D eigenvalue weighted by atomic mass is 9.93. The molecule has 0 amide bonds. The first-order chi connectivity index (χ1) is 12.4. The van der Waals surface area contributed by atoms with Gasteiger partial charge < -0.3 is 14.8 Å². The summed E-state index contributed by atoms with van der Waals surface area (Å²) >= 11 is 0. The van der Waals surface area contributed by atoms with Crippen molar-refractivity contribution < 1.29 is 9.47 Å². The fraction of sp³-hybridized carbons (Fsp3) is 0.263. The average molecular weight is 334 g/mol. The van der Waals surface area contributed by atoms with Crippen LogP contribution in [0.25, 0.3) is 0 Å². The van der Waals surface area contributed by atoms with Crippen molar-refractivity contribution in [2.75, 3.05) is 18.5 Å². The first kappa shape index (κ1) is 14.3. The van der Waals surface area contributed by atoms with Crippen LogP contribution < -0.4 is 14.8 Å². The van der Waals surface area contributed by atoms with Crippen molar-refractivity contribution in [2.45, 2.75) is 18.5 Å². The van der Waals surface area contributed by atoms with Crippen LogP contribution in [-0.2, 0) is 0 Å². The summed E-state index contributed by atoms with van der Waals surface area (Å²) in [6.45, 7) is 1.19. The van der Waals surface area contributed by atoms with Crippen molar-refractivity contribution in [2.24, 2.45) is 0 Å². The molecular formula is C19H18N4O2. The minimum absolute atomic E-state index is 0.0970. The van der Waals surface area contributed by atoms with Gasteiger partial charge in [-0.1, -0.05) is 36.4 Å². The zero-order valence-corrected chi connectivity index (χ0v) is 13.6. The van der Waals surface area contributed by atoms with E-state index in [0.717, 1.165) is 29.4 Å². The Morgan fingerprint density at radius 1 is 0.960 bits per heavy atom. The van der Waals surface area contributed by atoms with Crippen LogP contribution in [0.3, 0.4) is 0 Å². The Balaban J connectivity index is 1.54. The molecule has 1 aromatic heterocycles. The molecule has 1 N–H and O–H groups in total. The number of hydrogen-bond acceptors (Lipinski definition) is 5. The maximum Gasteiger partial charge on any atom is 0.222 e. The van der Waals surface area contributed by atoms with Crippen molar-refractivity contribution >= 4 is 5.95 Å². The van der Waals surface area contributed by atoms with E-state index in [-0.39, 0.29) is 12.1 Å². The molecule has 2 aliphatic rings. The fourth-order valence-corrected chi connectivity index (χ4v) is 3.57. The van der Waals surface area contributed by atoms with Gasteiger partial charge in [-0.15, -0.1) is 0 Å². The van der Waals surface area contributed by atoms with Gasteiger partial charge in [0.05, 0.1) is 12.1 Å². The van der Waals surface area contributed by atoms with E-state index in [1.54, 1.807) is 6.33 Å². The predicted molar refractivity (Wildman–Crippen MR) is 93.0 cm³/mol. The minimum Gasteiger partial charge on any atom is -0.486 e. The molecule has 5 rings (SSSR count). The van der Waals surface area contributed by atoms with Gasteiger partial charge in [0.15, 0.2) is 11.5 Å². The van der Waals surface area contributed by atoms with Crippen LogP contribution in [-0.4, -0.2) is 28.0 Å². The molecule has 2 aliphatic heterocycles. The lowest BCUT2D eigenvalue weighted by Gasteiger charge is -2.32. The molecule has 0 aliphatic carbocycles. The quantitative estimate of drug-likeness (QED) is 0.780. The Hall–Kier alpha value is -3.02. The first-order valence-corrected chi connectivity index (χ1v) is 8.49. The lowest BCUT2D eigenvalue weighted by Crippen LogP contribution is -2.28. The minimum atomic E-state index is 0.0970. The fourth-order valence-electron chi connectivity index (χ4n) is 3.57. The van der Waals surface area contributed by atoms with Crippen LogP contribution in [0.1, 0.15) is 29.6 Å². The number of hydrogen-bond donors (Lipinski definition) is 1. The van der Waals surface area contributed by atoms with Gasteiger partial charge in [0.1, 0.15) is 19.5 Å². The van der Waals surface area contributed by atoms with Gasteiger partial charge in [-0.05, 0) is 29.7 Å². The molecule has 0 saturated heterocycles. The second-order valence-electron chi connectivity index (χ2n) is 6.29. The molecule has 0 saturated carbocycles. The molecule has 6 nitrogen and oxygen atoms in total. The van der Waals surface area contributed by atoms with Gasteiger partial charge in [0, 0.05) is 0 Å². The third-order valence-electron chi connectivity index (χ3n) is 4.78. The molecule has 25 heavy (non-hydrogen) atoms. The number of nitrogens with one attached hydrogen (secondary N) is 1. The Kier molecular flexibility index (Phi) is 3.33. The van der Waals surface area contributed by atoms with E-state index < -0.39 is 0 Å².